The van der Waals surface area contributed by atoms with Crippen LogP contribution < -0.4 is 20.9 Å². The average Bonchev–Trinajstić information content (AvgIpc) is 3.22. The molecule has 0 spiro atoms. The summed E-state index contributed by atoms with van der Waals surface area (Å²) in [7, 11) is 0. The molecule has 0 radical (unpaired) electrons. The molecule has 0 unspecified atom stereocenters. The molecule has 2 amide bonds. The number of piperazine rings is 2. The van der Waals surface area contributed by atoms with Crippen LogP contribution >= 0.6 is 50.7 Å². The Balaban J connectivity index is 0.000000215. The van der Waals surface area contributed by atoms with Crippen molar-refractivity contribution in [1.82, 2.24) is 29.4 Å². The Kier molecular flexibility index (Phi) is 15.2. The molecular weight excluding hydrogens is 935 g/mol. The van der Waals surface area contributed by atoms with Crippen LogP contribution in [-0.4, -0.2) is 105 Å². The van der Waals surface area contributed by atoms with Crippen LogP contribution in [0.5, 0.6) is 0 Å². The summed E-state index contributed by atoms with van der Waals surface area (Å²) in [5.41, 5.74) is 2.68. The lowest BCUT2D eigenvalue weighted by atomic mass is 10.0. The van der Waals surface area contributed by atoms with Crippen LogP contribution in [0.4, 0.5) is 21.0 Å². The third kappa shape index (κ3) is 12.6. The molecule has 2 saturated heterocycles. The zero-order chi connectivity index (χ0) is 45.6. The van der Waals surface area contributed by atoms with Gasteiger partial charge in [-0.1, -0.05) is 59.1 Å². The lowest BCUT2D eigenvalue weighted by Crippen LogP contribution is -2.50. The fourth-order valence-corrected chi connectivity index (χ4v) is 7.88. The lowest BCUT2D eigenvalue weighted by Gasteiger charge is -2.37. The van der Waals surface area contributed by atoms with Crippen molar-refractivity contribution >= 4 is 74.3 Å². The van der Waals surface area contributed by atoms with Crippen molar-refractivity contribution in [1.29, 1.82) is 0 Å². The van der Waals surface area contributed by atoms with E-state index in [2.05, 4.69) is 31.0 Å². The first kappa shape index (κ1) is 47.4. The SMILES string of the molecule is CC(C)(C)OC(=O)N1CCN(c2cnn(-c3cccc(Cl)c3)c(=O)c2Br)CC1.CC(C)(C)OC(=O)N1CCN(c2cnn(-c3cccc(Cl)c3)c(=O)c2Cc2ccc(Cl)cc2)CC1. The number of aromatic nitrogens is 4. The lowest BCUT2D eigenvalue weighted by molar-refractivity contribution is 0.0230. The highest BCUT2D eigenvalue weighted by Crippen LogP contribution is 2.26. The molecule has 18 heteroatoms. The standard InChI is InChI=1S/C26H28Cl2N4O3.C19H22BrClN4O3/c1-26(2,3)35-25(34)31-13-11-30(12-14-31)23-17-29-32(21-6-4-5-20(28)16-21)24(33)22(23)15-18-7-9-19(27)10-8-18;1-19(2,3)28-18(27)24-9-7-23(8-10-24)15-12-22-25(17(26)16(15)20)14-6-4-5-13(21)11-14/h4-10,16-17H,11-15H2,1-3H3;4-6,11-12H,7-10H2,1-3H3. The Hall–Kier alpha value is -5.09. The van der Waals surface area contributed by atoms with Gasteiger partial charge in [0.1, 0.15) is 15.7 Å². The Morgan fingerprint density at radius 3 is 1.48 bits per heavy atom. The second-order valence-corrected chi connectivity index (χ2v) is 19.1. The molecule has 2 aliphatic heterocycles. The average molecular weight is 985 g/mol. The molecule has 0 bridgehead atoms. The molecular formula is C45H50BrCl3N8O6. The maximum atomic E-state index is 13.7. The van der Waals surface area contributed by atoms with Gasteiger partial charge in [-0.2, -0.15) is 19.6 Å². The first-order valence-corrected chi connectivity index (χ1v) is 22.3. The molecule has 63 heavy (non-hydrogen) atoms. The number of hydrogen-bond acceptors (Lipinski definition) is 10. The third-order valence-electron chi connectivity index (χ3n) is 9.90. The van der Waals surface area contributed by atoms with Gasteiger partial charge >= 0.3 is 12.2 Å². The van der Waals surface area contributed by atoms with E-state index in [-0.39, 0.29) is 23.3 Å². The van der Waals surface area contributed by atoms with E-state index in [4.69, 9.17) is 44.3 Å². The fourth-order valence-electron chi connectivity index (χ4n) is 6.87. The maximum absolute atomic E-state index is 13.7. The number of amides is 2. The molecule has 3 aromatic carbocycles. The highest BCUT2D eigenvalue weighted by molar-refractivity contribution is 9.10. The van der Waals surface area contributed by atoms with Gasteiger partial charge in [0.2, 0.25) is 0 Å². The van der Waals surface area contributed by atoms with Gasteiger partial charge in [0.25, 0.3) is 11.1 Å². The summed E-state index contributed by atoms with van der Waals surface area (Å²) < 4.78 is 14.0. The van der Waals surface area contributed by atoms with Crippen LogP contribution in [0.3, 0.4) is 0 Å². The number of halogens is 4. The molecule has 14 nitrogen and oxygen atoms in total. The highest BCUT2D eigenvalue weighted by Gasteiger charge is 2.29. The number of ether oxygens (including phenoxy) is 2. The van der Waals surface area contributed by atoms with E-state index in [1.807, 2.05) is 70.7 Å². The Morgan fingerprint density at radius 1 is 0.603 bits per heavy atom. The van der Waals surface area contributed by atoms with E-state index in [1.54, 1.807) is 70.7 Å². The van der Waals surface area contributed by atoms with E-state index >= 15 is 0 Å². The van der Waals surface area contributed by atoms with Crippen LogP contribution in [0.1, 0.15) is 52.7 Å². The van der Waals surface area contributed by atoms with E-state index in [0.29, 0.717) is 101 Å². The number of carbonyl (C=O) groups excluding carboxylic acids is 2. The van der Waals surface area contributed by atoms with Crippen LogP contribution in [0.25, 0.3) is 11.4 Å². The minimum atomic E-state index is -0.547. The van der Waals surface area contributed by atoms with Gasteiger partial charge < -0.3 is 29.1 Å². The minimum Gasteiger partial charge on any atom is -0.444 e. The molecule has 7 rings (SSSR count). The molecule has 2 fully saturated rings. The first-order chi connectivity index (χ1) is 29.8. The van der Waals surface area contributed by atoms with Crippen molar-refractivity contribution in [3.8, 4) is 11.4 Å². The predicted octanol–water partition coefficient (Wildman–Crippen LogP) is 8.89. The highest BCUT2D eigenvalue weighted by atomic mass is 79.9. The largest absolute Gasteiger partial charge is 0.444 e. The first-order valence-electron chi connectivity index (χ1n) is 20.4. The molecule has 0 aliphatic carbocycles. The number of benzene rings is 3. The van der Waals surface area contributed by atoms with Gasteiger partial charge in [-0.25, -0.2) is 9.59 Å². The van der Waals surface area contributed by atoms with Gasteiger partial charge in [0.15, 0.2) is 0 Å². The molecule has 334 valence electrons. The summed E-state index contributed by atoms with van der Waals surface area (Å²) >= 11 is 21.6. The molecule has 0 saturated carbocycles. The normalized spacial score (nSPS) is 14.5. The van der Waals surface area contributed by atoms with Gasteiger partial charge in [0, 0.05) is 79.4 Å². The number of hydrogen-bond donors (Lipinski definition) is 0. The predicted molar refractivity (Wildman–Crippen MR) is 252 cm³/mol. The Bertz CT molecular complexity index is 2540. The van der Waals surface area contributed by atoms with Crippen molar-refractivity contribution in [3.05, 3.63) is 137 Å². The molecule has 0 N–H and O–H groups in total. The monoisotopic (exact) mass is 982 g/mol. The van der Waals surface area contributed by atoms with Crippen LogP contribution in [0, 0.1) is 0 Å². The third-order valence-corrected chi connectivity index (χ3v) is 11.4. The molecule has 2 aliphatic rings. The Morgan fingerprint density at radius 2 is 1.03 bits per heavy atom. The minimum absolute atomic E-state index is 0.214. The van der Waals surface area contributed by atoms with Gasteiger partial charge in [-0.3, -0.25) is 9.59 Å². The van der Waals surface area contributed by atoms with Crippen LogP contribution in [0.2, 0.25) is 15.1 Å². The summed E-state index contributed by atoms with van der Waals surface area (Å²) in [6.45, 7) is 15.4. The van der Waals surface area contributed by atoms with E-state index in [0.717, 1.165) is 11.3 Å². The summed E-state index contributed by atoms with van der Waals surface area (Å²) in [6.07, 6.45) is 3.14. The summed E-state index contributed by atoms with van der Waals surface area (Å²) in [6, 6.07) is 21.5. The topological polar surface area (TPSA) is 135 Å². The van der Waals surface area contributed by atoms with Gasteiger partial charge in [-0.05, 0) is 112 Å². The molecule has 5 aromatic rings. The smallest absolute Gasteiger partial charge is 0.410 e. The van der Waals surface area contributed by atoms with Gasteiger partial charge in [-0.15, -0.1) is 0 Å². The van der Waals surface area contributed by atoms with Gasteiger partial charge in [0.05, 0.1) is 35.1 Å². The second-order valence-electron chi connectivity index (χ2n) is 17.0. The zero-order valence-corrected chi connectivity index (χ0v) is 39.8. The van der Waals surface area contributed by atoms with Crippen LogP contribution in [0.15, 0.2) is 99.3 Å². The molecule has 4 heterocycles. The van der Waals surface area contributed by atoms with Crippen molar-refractivity contribution in [2.45, 2.75) is 59.2 Å². The van der Waals surface area contributed by atoms with Crippen molar-refractivity contribution < 1.29 is 19.1 Å². The number of anilines is 2. The quantitative estimate of drug-likeness (QED) is 0.162. The summed E-state index contributed by atoms with van der Waals surface area (Å²) in [4.78, 5) is 58.6. The second kappa shape index (κ2) is 20.2. The number of nitrogens with zero attached hydrogens (tertiary/aromatic N) is 8. The molecule has 0 atom stereocenters. The molecule has 2 aromatic heterocycles. The van der Waals surface area contributed by atoms with Crippen molar-refractivity contribution in [2.24, 2.45) is 0 Å². The Labute approximate surface area is 390 Å². The zero-order valence-electron chi connectivity index (χ0n) is 36.0. The summed E-state index contributed by atoms with van der Waals surface area (Å²) in [5, 5.41) is 10.5. The van der Waals surface area contributed by atoms with E-state index in [9.17, 15) is 19.2 Å². The fraction of sp³-hybridized carbons (Fsp3) is 0.378. The van der Waals surface area contributed by atoms with E-state index in [1.165, 1.54) is 9.36 Å². The van der Waals surface area contributed by atoms with Crippen LogP contribution in [-0.2, 0) is 15.9 Å². The van der Waals surface area contributed by atoms with Crippen molar-refractivity contribution in [2.75, 3.05) is 62.2 Å². The van der Waals surface area contributed by atoms with E-state index < -0.39 is 11.2 Å². The maximum Gasteiger partial charge on any atom is 0.410 e. The summed E-state index contributed by atoms with van der Waals surface area (Å²) in [5.74, 6) is 0. The number of rotatable bonds is 6. The number of carbonyl (C=O) groups is 2. The van der Waals surface area contributed by atoms with Crippen molar-refractivity contribution in [3.63, 3.8) is 0 Å².